The number of nitriles is 1. The quantitative estimate of drug-likeness (QED) is 0.837. The van der Waals surface area contributed by atoms with E-state index in [0.717, 1.165) is 0 Å². The summed E-state index contributed by atoms with van der Waals surface area (Å²) >= 11 is 5.74. The Morgan fingerprint density at radius 2 is 2.29 bits per heavy atom. The van der Waals surface area contributed by atoms with Crippen LogP contribution in [0.15, 0.2) is 18.2 Å². The average Bonchev–Trinajstić information content (AvgIpc) is 2.12. The van der Waals surface area contributed by atoms with Crippen LogP contribution < -0.4 is 0 Å². The fourth-order valence-corrected chi connectivity index (χ4v) is 1.38. The molecule has 2 nitrogen and oxygen atoms in total. The van der Waals surface area contributed by atoms with Crippen LogP contribution in [0.5, 0.6) is 0 Å². The summed E-state index contributed by atoms with van der Waals surface area (Å²) in [5.74, 6) is -0.450. The molecule has 1 aromatic rings. The van der Waals surface area contributed by atoms with Gasteiger partial charge in [0.25, 0.3) is 0 Å². The summed E-state index contributed by atoms with van der Waals surface area (Å²) in [5, 5.41) is 17.9. The molecule has 14 heavy (non-hydrogen) atoms. The molecule has 74 valence electrons. The molecule has 1 N–H and O–H groups in total. The molecule has 0 amide bonds. The Labute approximate surface area is 86.5 Å². The maximum atomic E-state index is 13.2. The maximum Gasteiger partial charge on any atom is 0.127 e. The first kappa shape index (κ1) is 11.0. The predicted molar refractivity (Wildman–Crippen MR) is 51.4 cm³/mol. The lowest BCUT2D eigenvalue weighted by Crippen LogP contribution is -2.10. The molecule has 1 aromatic carbocycles. The molecule has 0 aliphatic heterocycles. The fraction of sp³-hybridized carbons (Fsp3) is 0.300. The molecule has 0 spiro atoms. The normalized spacial score (nSPS) is 12.1. The molecular formula is C10H9ClFNO. The Morgan fingerprint density at radius 3 is 2.86 bits per heavy atom. The van der Waals surface area contributed by atoms with Gasteiger partial charge in [0, 0.05) is 17.0 Å². The molecule has 0 aromatic heterocycles. The lowest BCUT2D eigenvalue weighted by atomic mass is 10.1. The molecular weight excluding hydrogens is 205 g/mol. The largest absolute Gasteiger partial charge is 0.392 e. The van der Waals surface area contributed by atoms with Gasteiger partial charge in [-0.15, -0.1) is 0 Å². The van der Waals surface area contributed by atoms with E-state index in [1.54, 1.807) is 6.07 Å². The molecule has 0 saturated carbocycles. The van der Waals surface area contributed by atoms with Crippen LogP contribution in [0.1, 0.15) is 12.0 Å². The Hall–Kier alpha value is -1.11. The van der Waals surface area contributed by atoms with Gasteiger partial charge in [0.15, 0.2) is 0 Å². The smallest absolute Gasteiger partial charge is 0.127 e. The molecule has 1 unspecified atom stereocenters. The zero-order chi connectivity index (χ0) is 10.6. The number of halogens is 2. The van der Waals surface area contributed by atoms with Crippen molar-refractivity contribution in [1.29, 1.82) is 5.26 Å². The number of nitrogens with zero attached hydrogens (tertiary/aromatic N) is 1. The highest BCUT2D eigenvalue weighted by atomic mass is 35.5. The Bertz CT molecular complexity index is 341. The zero-order valence-corrected chi connectivity index (χ0v) is 8.13. The lowest BCUT2D eigenvalue weighted by molar-refractivity contribution is 0.179. The van der Waals surface area contributed by atoms with E-state index in [4.69, 9.17) is 16.9 Å². The van der Waals surface area contributed by atoms with E-state index in [1.165, 1.54) is 12.1 Å². The second-order valence-electron chi connectivity index (χ2n) is 2.92. The third-order valence-electron chi connectivity index (χ3n) is 1.83. The number of rotatable bonds is 3. The SMILES string of the molecule is N#CCC(O)Cc1c(F)cccc1Cl. The van der Waals surface area contributed by atoms with Gasteiger partial charge in [-0.3, -0.25) is 0 Å². The lowest BCUT2D eigenvalue weighted by Gasteiger charge is -2.08. The van der Waals surface area contributed by atoms with Gasteiger partial charge in [0.05, 0.1) is 18.6 Å². The van der Waals surface area contributed by atoms with Crippen LogP contribution in [0.4, 0.5) is 4.39 Å². The summed E-state index contributed by atoms with van der Waals surface area (Å²) in [6.45, 7) is 0. The number of aliphatic hydroxyl groups excluding tert-OH is 1. The van der Waals surface area contributed by atoms with Crippen molar-refractivity contribution >= 4 is 11.6 Å². The van der Waals surface area contributed by atoms with Crippen molar-refractivity contribution < 1.29 is 9.50 Å². The second kappa shape index (κ2) is 4.94. The van der Waals surface area contributed by atoms with E-state index in [9.17, 15) is 9.50 Å². The molecule has 0 aliphatic rings. The van der Waals surface area contributed by atoms with E-state index in [0.29, 0.717) is 0 Å². The topological polar surface area (TPSA) is 44.0 Å². The first-order valence-electron chi connectivity index (χ1n) is 4.13. The van der Waals surface area contributed by atoms with E-state index < -0.39 is 11.9 Å². The van der Waals surface area contributed by atoms with Crippen LogP contribution >= 0.6 is 11.6 Å². The fourth-order valence-electron chi connectivity index (χ4n) is 1.14. The van der Waals surface area contributed by atoms with Crippen LogP contribution in [0.25, 0.3) is 0 Å². The molecule has 0 aliphatic carbocycles. The highest BCUT2D eigenvalue weighted by Gasteiger charge is 2.11. The van der Waals surface area contributed by atoms with Crippen molar-refractivity contribution in [1.82, 2.24) is 0 Å². The van der Waals surface area contributed by atoms with Crippen molar-refractivity contribution in [3.05, 3.63) is 34.6 Å². The third-order valence-corrected chi connectivity index (χ3v) is 2.18. The first-order chi connectivity index (χ1) is 6.65. The van der Waals surface area contributed by atoms with Crippen LogP contribution in [0.2, 0.25) is 5.02 Å². The average molecular weight is 214 g/mol. The van der Waals surface area contributed by atoms with E-state index >= 15 is 0 Å². The van der Waals surface area contributed by atoms with E-state index in [2.05, 4.69) is 0 Å². The minimum atomic E-state index is -0.866. The van der Waals surface area contributed by atoms with Crippen molar-refractivity contribution in [2.45, 2.75) is 18.9 Å². The summed E-state index contributed by atoms with van der Waals surface area (Å²) in [6.07, 6.45) is -0.821. The van der Waals surface area contributed by atoms with Crippen LogP contribution in [0, 0.1) is 17.1 Å². The molecule has 1 rings (SSSR count). The minimum absolute atomic E-state index is 0.0232. The molecule has 0 heterocycles. The van der Waals surface area contributed by atoms with Crippen LogP contribution in [-0.4, -0.2) is 11.2 Å². The second-order valence-corrected chi connectivity index (χ2v) is 3.33. The van der Waals surface area contributed by atoms with Gasteiger partial charge in [0.1, 0.15) is 5.82 Å². The highest BCUT2D eigenvalue weighted by Crippen LogP contribution is 2.20. The molecule has 0 bridgehead atoms. The Kier molecular flexibility index (Phi) is 3.87. The number of aliphatic hydroxyl groups is 1. The highest BCUT2D eigenvalue weighted by molar-refractivity contribution is 6.31. The number of hydrogen-bond acceptors (Lipinski definition) is 2. The molecule has 0 radical (unpaired) electrons. The summed E-state index contributed by atoms with van der Waals surface area (Å²) < 4.78 is 13.2. The van der Waals surface area contributed by atoms with Gasteiger partial charge in [-0.2, -0.15) is 5.26 Å². The molecule has 1 atom stereocenters. The van der Waals surface area contributed by atoms with Gasteiger partial charge in [0.2, 0.25) is 0 Å². The standard InChI is InChI=1S/C10H9ClFNO/c11-9-2-1-3-10(12)8(9)6-7(14)4-5-13/h1-3,7,14H,4,6H2. The van der Waals surface area contributed by atoms with E-state index in [1.807, 2.05) is 6.07 Å². The molecule has 0 fully saturated rings. The third kappa shape index (κ3) is 2.69. The van der Waals surface area contributed by atoms with Crippen molar-refractivity contribution in [2.75, 3.05) is 0 Å². The summed E-state index contributed by atoms with van der Waals surface area (Å²) in [6, 6.07) is 6.14. The Morgan fingerprint density at radius 1 is 1.57 bits per heavy atom. The van der Waals surface area contributed by atoms with Gasteiger partial charge in [-0.1, -0.05) is 17.7 Å². The van der Waals surface area contributed by atoms with Gasteiger partial charge in [-0.05, 0) is 12.1 Å². The van der Waals surface area contributed by atoms with Crippen molar-refractivity contribution in [2.24, 2.45) is 0 Å². The van der Waals surface area contributed by atoms with Crippen molar-refractivity contribution in [3.63, 3.8) is 0 Å². The minimum Gasteiger partial charge on any atom is -0.392 e. The zero-order valence-electron chi connectivity index (χ0n) is 7.37. The van der Waals surface area contributed by atoms with Crippen molar-refractivity contribution in [3.8, 4) is 6.07 Å². The predicted octanol–water partition coefficient (Wildman–Crippen LogP) is 2.30. The van der Waals surface area contributed by atoms with Gasteiger partial charge < -0.3 is 5.11 Å². The van der Waals surface area contributed by atoms with Crippen LogP contribution in [-0.2, 0) is 6.42 Å². The Balaban J connectivity index is 2.81. The summed E-state index contributed by atoms with van der Waals surface area (Å²) in [7, 11) is 0. The number of benzene rings is 1. The first-order valence-corrected chi connectivity index (χ1v) is 4.51. The number of hydrogen-bond donors (Lipinski definition) is 1. The maximum absolute atomic E-state index is 13.2. The monoisotopic (exact) mass is 213 g/mol. The van der Waals surface area contributed by atoms with Crippen LogP contribution in [0.3, 0.4) is 0 Å². The molecule has 4 heteroatoms. The van der Waals surface area contributed by atoms with Gasteiger partial charge >= 0.3 is 0 Å². The van der Waals surface area contributed by atoms with Gasteiger partial charge in [-0.25, -0.2) is 4.39 Å². The summed E-state index contributed by atoms with van der Waals surface area (Å²) in [4.78, 5) is 0. The molecule has 0 saturated heterocycles. The van der Waals surface area contributed by atoms with E-state index in [-0.39, 0.29) is 23.4 Å². The summed E-state index contributed by atoms with van der Waals surface area (Å²) in [5.41, 5.74) is 0.261.